The van der Waals surface area contributed by atoms with E-state index in [1.807, 2.05) is 0 Å². The van der Waals surface area contributed by atoms with Crippen molar-refractivity contribution in [2.24, 2.45) is 0 Å². The minimum atomic E-state index is -4.75. The number of ether oxygens (including phenoxy) is 1. The van der Waals surface area contributed by atoms with E-state index >= 15 is 0 Å². The number of alkyl halides is 5. The SMILES string of the molecule is CC(C)N1C[C@H](Oc2ccnc(C(F)(F)F)n2)C(F)(F)C1. The first-order valence-corrected chi connectivity index (χ1v) is 6.28. The Hall–Kier alpha value is -1.51. The van der Waals surface area contributed by atoms with Crippen LogP contribution in [0.1, 0.15) is 19.7 Å². The molecule has 0 spiro atoms. The molecule has 0 radical (unpaired) electrons. The molecule has 1 aromatic rings. The quantitative estimate of drug-likeness (QED) is 0.804. The van der Waals surface area contributed by atoms with Gasteiger partial charge in [-0.1, -0.05) is 0 Å². The van der Waals surface area contributed by atoms with Crippen LogP contribution in [-0.4, -0.2) is 46.0 Å². The predicted molar refractivity (Wildman–Crippen MR) is 63.1 cm³/mol. The van der Waals surface area contributed by atoms with Crippen LogP contribution in [-0.2, 0) is 6.18 Å². The van der Waals surface area contributed by atoms with E-state index in [0.29, 0.717) is 0 Å². The molecule has 0 saturated carbocycles. The van der Waals surface area contributed by atoms with Crippen LogP contribution in [0.2, 0.25) is 0 Å². The number of hydrogen-bond acceptors (Lipinski definition) is 4. The third-order valence-corrected chi connectivity index (χ3v) is 3.16. The lowest BCUT2D eigenvalue weighted by atomic mass is 10.2. The molecule has 118 valence electrons. The van der Waals surface area contributed by atoms with Gasteiger partial charge in [0.25, 0.3) is 5.92 Å². The summed E-state index contributed by atoms with van der Waals surface area (Å²) in [5.41, 5.74) is 0. The summed E-state index contributed by atoms with van der Waals surface area (Å²) in [7, 11) is 0. The van der Waals surface area contributed by atoms with Crippen molar-refractivity contribution in [3.63, 3.8) is 0 Å². The summed E-state index contributed by atoms with van der Waals surface area (Å²) in [6.07, 6.45) is -5.45. The van der Waals surface area contributed by atoms with Crippen molar-refractivity contribution in [3.8, 4) is 5.88 Å². The summed E-state index contributed by atoms with van der Waals surface area (Å²) in [4.78, 5) is 7.68. The first-order valence-electron chi connectivity index (χ1n) is 6.28. The van der Waals surface area contributed by atoms with Crippen molar-refractivity contribution < 1.29 is 26.7 Å². The average molecular weight is 311 g/mol. The maximum atomic E-state index is 13.8. The third kappa shape index (κ3) is 3.58. The van der Waals surface area contributed by atoms with Crippen LogP contribution in [0.3, 0.4) is 0 Å². The van der Waals surface area contributed by atoms with Crippen molar-refractivity contribution in [2.45, 2.75) is 38.1 Å². The molecular formula is C12H14F5N3O. The Morgan fingerprint density at radius 1 is 1.38 bits per heavy atom. The Bertz CT molecular complexity index is 506. The molecule has 1 atom stereocenters. The molecule has 2 heterocycles. The predicted octanol–water partition coefficient (Wildman–Crippen LogP) is 2.60. The molecule has 1 saturated heterocycles. The second kappa shape index (κ2) is 5.36. The van der Waals surface area contributed by atoms with Crippen LogP contribution < -0.4 is 4.74 Å². The number of aromatic nitrogens is 2. The van der Waals surface area contributed by atoms with E-state index in [1.165, 1.54) is 4.90 Å². The molecule has 2 rings (SSSR count). The van der Waals surface area contributed by atoms with Gasteiger partial charge in [-0.2, -0.15) is 18.2 Å². The van der Waals surface area contributed by atoms with Gasteiger partial charge in [0.1, 0.15) is 0 Å². The normalized spacial score (nSPS) is 22.8. The van der Waals surface area contributed by atoms with Gasteiger partial charge < -0.3 is 4.74 Å². The second-order valence-electron chi connectivity index (χ2n) is 5.11. The Kier molecular flexibility index (Phi) is 4.05. The molecule has 1 aliphatic heterocycles. The maximum absolute atomic E-state index is 13.8. The average Bonchev–Trinajstić information content (AvgIpc) is 2.65. The molecule has 1 aliphatic rings. The molecule has 1 fully saturated rings. The van der Waals surface area contributed by atoms with Gasteiger partial charge in [0.05, 0.1) is 6.54 Å². The molecule has 0 unspecified atom stereocenters. The van der Waals surface area contributed by atoms with Crippen molar-refractivity contribution in [2.75, 3.05) is 13.1 Å². The highest BCUT2D eigenvalue weighted by Gasteiger charge is 2.50. The highest BCUT2D eigenvalue weighted by Crippen LogP contribution is 2.32. The fourth-order valence-electron chi connectivity index (χ4n) is 1.99. The molecule has 9 heteroatoms. The van der Waals surface area contributed by atoms with Gasteiger partial charge in [0, 0.05) is 24.8 Å². The topological polar surface area (TPSA) is 38.2 Å². The van der Waals surface area contributed by atoms with Crippen LogP contribution in [0.25, 0.3) is 0 Å². The Morgan fingerprint density at radius 2 is 2.05 bits per heavy atom. The monoisotopic (exact) mass is 311 g/mol. The molecule has 0 N–H and O–H groups in total. The van der Waals surface area contributed by atoms with Gasteiger partial charge in [0.15, 0.2) is 6.10 Å². The van der Waals surface area contributed by atoms with Gasteiger partial charge in [-0.3, -0.25) is 4.90 Å². The highest BCUT2D eigenvalue weighted by molar-refractivity contribution is 5.12. The van der Waals surface area contributed by atoms with Crippen LogP contribution in [0.4, 0.5) is 22.0 Å². The van der Waals surface area contributed by atoms with E-state index in [0.717, 1.165) is 12.3 Å². The van der Waals surface area contributed by atoms with Gasteiger partial charge in [0.2, 0.25) is 11.7 Å². The smallest absolute Gasteiger partial charge is 0.451 e. The minimum absolute atomic E-state index is 0.0734. The molecule has 4 nitrogen and oxygen atoms in total. The second-order valence-corrected chi connectivity index (χ2v) is 5.11. The summed E-state index contributed by atoms with van der Waals surface area (Å²) >= 11 is 0. The summed E-state index contributed by atoms with van der Waals surface area (Å²) in [5.74, 6) is -5.07. The third-order valence-electron chi connectivity index (χ3n) is 3.16. The summed E-state index contributed by atoms with van der Waals surface area (Å²) in [6.45, 7) is 2.94. The van der Waals surface area contributed by atoms with E-state index in [4.69, 9.17) is 4.74 Å². The summed E-state index contributed by atoms with van der Waals surface area (Å²) in [6, 6.07) is 0.921. The zero-order valence-corrected chi connectivity index (χ0v) is 11.4. The van der Waals surface area contributed by atoms with Crippen molar-refractivity contribution >= 4 is 0 Å². The molecule has 0 bridgehead atoms. The Balaban J connectivity index is 2.15. The zero-order valence-electron chi connectivity index (χ0n) is 11.4. The number of nitrogens with zero attached hydrogens (tertiary/aromatic N) is 3. The van der Waals surface area contributed by atoms with Gasteiger partial charge in [-0.25, -0.2) is 13.8 Å². The van der Waals surface area contributed by atoms with E-state index in [2.05, 4.69) is 9.97 Å². The van der Waals surface area contributed by atoms with E-state index in [9.17, 15) is 22.0 Å². The van der Waals surface area contributed by atoms with Crippen LogP contribution in [0.5, 0.6) is 5.88 Å². The standard InChI is InChI=1S/C12H14F5N3O/c1-7(2)20-5-8(11(13,14)6-20)21-9-3-4-18-10(19-9)12(15,16)17/h3-4,7-8H,5-6H2,1-2H3/t8-/m0/s1. The molecule has 21 heavy (non-hydrogen) atoms. The lowest BCUT2D eigenvalue weighted by Gasteiger charge is -2.19. The van der Waals surface area contributed by atoms with Crippen LogP contribution >= 0.6 is 0 Å². The lowest BCUT2D eigenvalue weighted by molar-refractivity contribution is -0.145. The minimum Gasteiger partial charge on any atom is -0.466 e. The fourth-order valence-corrected chi connectivity index (χ4v) is 1.99. The number of rotatable bonds is 3. The van der Waals surface area contributed by atoms with Crippen molar-refractivity contribution in [3.05, 3.63) is 18.1 Å². The molecule has 0 aliphatic carbocycles. The van der Waals surface area contributed by atoms with Crippen molar-refractivity contribution in [1.29, 1.82) is 0 Å². The zero-order chi connectivity index (χ0) is 15.8. The van der Waals surface area contributed by atoms with E-state index in [1.54, 1.807) is 13.8 Å². The number of likely N-dealkylation sites (tertiary alicyclic amines) is 1. The van der Waals surface area contributed by atoms with E-state index < -0.39 is 36.5 Å². The van der Waals surface area contributed by atoms with E-state index in [-0.39, 0.29) is 12.6 Å². The maximum Gasteiger partial charge on any atom is 0.451 e. The first kappa shape index (κ1) is 15.9. The summed E-state index contributed by atoms with van der Waals surface area (Å²) < 4.78 is 70.0. The van der Waals surface area contributed by atoms with Crippen LogP contribution in [0.15, 0.2) is 12.3 Å². The van der Waals surface area contributed by atoms with Gasteiger partial charge in [-0.05, 0) is 13.8 Å². The van der Waals surface area contributed by atoms with Gasteiger partial charge in [-0.15, -0.1) is 0 Å². The number of halogens is 5. The molecule has 0 amide bonds. The number of hydrogen-bond donors (Lipinski definition) is 0. The highest BCUT2D eigenvalue weighted by atomic mass is 19.4. The Labute approximate surface area is 117 Å². The molecule has 1 aromatic heterocycles. The Morgan fingerprint density at radius 3 is 2.57 bits per heavy atom. The van der Waals surface area contributed by atoms with Gasteiger partial charge >= 0.3 is 6.18 Å². The van der Waals surface area contributed by atoms with Crippen molar-refractivity contribution in [1.82, 2.24) is 14.9 Å². The lowest BCUT2D eigenvalue weighted by Crippen LogP contribution is -2.36. The fraction of sp³-hybridized carbons (Fsp3) is 0.667. The molecular weight excluding hydrogens is 297 g/mol. The molecule has 0 aromatic carbocycles. The summed E-state index contributed by atoms with van der Waals surface area (Å²) in [5, 5.41) is 0. The largest absolute Gasteiger partial charge is 0.466 e. The first-order chi connectivity index (χ1) is 9.59. The van der Waals surface area contributed by atoms with Crippen LogP contribution in [0, 0.1) is 0 Å².